The number of nitrogens with one attached hydrogen (secondary N) is 2. The second-order valence-electron chi connectivity index (χ2n) is 8.64. The van der Waals surface area contributed by atoms with Crippen molar-refractivity contribution in [3.63, 3.8) is 0 Å². The molecule has 2 aliphatic heterocycles. The first-order valence-corrected chi connectivity index (χ1v) is 10.6. The molecule has 2 saturated heterocycles. The molecule has 1 aromatic carbocycles. The summed E-state index contributed by atoms with van der Waals surface area (Å²) in [4.78, 5) is 53.6. The van der Waals surface area contributed by atoms with Crippen LogP contribution in [0.25, 0.3) is 0 Å². The smallest absolute Gasteiger partial charge is 0.325 e. The van der Waals surface area contributed by atoms with E-state index >= 15 is 0 Å². The largest absolute Gasteiger partial charge is 0.342 e. The molecule has 4 rings (SSSR count). The Morgan fingerprint density at radius 1 is 1.17 bits per heavy atom. The van der Waals surface area contributed by atoms with E-state index in [1.165, 1.54) is 0 Å². The van der Waals surface area contributed by atoms with Gasteiger partial charge in [-0.05, 0) is 44.1 Å². The van der Waals surface area contributed by atoms with Crippen LogP contribution in [0.3, 0.4) is 0 Å². The summed E-state index contributed by atoms with van der Waals surface area (Å²) in [5.41, 5.74) is 0.0123. The predicted octanol–water partition coefficient (Wildman–Crippen LogP) is 1.06. The number of rotatable bonds is 7. The Labute approximate surface area is 176 Å². The maximum Gasteiger partial charge on any atom is 0.325 e. The third-order valence-electron chi connectivity index (χ3n) is 6.33. The van der Waals surface area contributed by atoms with E-state index in [1.54, 1.807) is 11.8 Å². The Kier molecular flexibility index (Phi) is 5.49. The average Bonchev–Trinajstić information content (AvgIpc) is 3.41. The molecule has 2 heterocycles. The first kappa shape index (κ1) is 20.4. The number of imide groups is 1. The van der Waals surface area contributed by atoms with Crippen molar-refractivity contribution in [3.05, 3.63) is 35.9 Å². The molecule has 3 aliphatic rings. The topological polar surface area (TPSA) is 98.8 Å². The first-order chi connectivity index (χ1) is 14.4. The van der Waals surface area contributed by atoms with Gasteiger partial charge in [0.25, 0.3) is 5.91 Å². The summed E-state index contributed by atoms with van der Waals surface area (Å²) < 4.78 is 0. The Balaban J connectivity index is 1.44. The van der Waals surface area contributed by atoms with Gasteiger partial charge in [0.2, 0.25) is 11.8 Å². The Morgan fingerprint density at radius 3 is 2.47 bits per heavy atom. The summed E-state index contributed by atoms with van der Waals surface area (Å²) >= 11 is 0. The molecule has 2 unspecified atom stereocenters. The van der Waals surface area contributed by atoms with Crippen LogP contribution in [0.5, 0.6) is 0 Å². The van der Waals surface area contributed by atoms with Gasteiger partial charge in [-0.3, -0.25) is 19.3 Å². The van der Waals surface area contributed by atoms with E-state index in [2.05, 4.69) is 10.6 Å². The molecule has 0 bridgehead atoms. The Bertz CT molecular complexity index is 848. The molecular formula is C22H28N4O4. The zero-order valence-electron chi connectivity index (χ0n) is 17.2. The normalized spacial score (nSPS) is 24.7. The summed E-state index contributed by atoms with van der Waals surface area (Å²) in [5, 5.41) is 5.52. The fourth-order valence-electron chi connectivity index (χ4n) is 4.39. The number of hydrogen-bond acceptors (Lipinski definition) is 4. The third kappa shape index (κ3) is 4.04. The summed E-state index contributed by atoms with van der Waals surface area (Å²) in [6.45, 7) is 2.71. The van der Waals surface area contributed by atoms with Gasteiger partial charge in [-0.1, -0.05) is 30.3 Å². The lowest BCUT2D eigenvalue weighted by atomic mass is 9.96. The van der Waals surface area contributed by atoms with Gasteiger partial charge in [-0.15, -0.1) is 0 Å². The van der Waals surface area contributed by atoms with Crippen molar-refractivity contribution in [2.75, 3.05) is 19.6 Å². The molecule has 8 heteroatoms. The zero-order chi connectivity index (χ0) is 21.3. The van der Waals surface area contributed by atoms with E-state index < -0.39 is 23.5 Å². The summed E-state index contributed by atoms with van der Waals surface area (Å²) in [7, 11) is 0. The molecule has 2 atom stereocenters. The predicted molar refractivity (Wildman–Crippen MR) is 109 cm³/mol. The zero-order valence-corrected chi connectivity index (χ0v) is 17.2. The Hall–Kier alpha value is -2.90. The molecule has 1 aromatic rings. The van der Waals surface area contributed by atoms with Crippen LogP contribution in [-0.2, 0) is 20.8 Å². The first-order valence-electron chi connectivity index (χ1n) is 10.6. The minimum absolute atomic E-state index is 0.121. The van der Waals surface area contributed by atoms with Crippen molar-refractivity contribution in [2.45, 2.75) is 50.6 Å². The van der Waals surface area contributed by atoms with Crippen LogP contribution in [0.15, 0.2) is 30.3 Å². The molecule has 8 nitrogen and oxygen atoms in total. The minimum atomic E-state index is -0.924. The third-order valence-corrected chi connectivity index (χ3v) is 6.33. The highest BCUT2D eigenvalue weighted by Crippen LogP contribution is 2.42. The molecule has 3 fully saturated rings. The maximum absolute atomic E-state index is 13.0. The van der Waals surface area contributed by atoms with Crippen LogP contribution in [0, 0.1) is 5.92 Å². The number of urea groups is 1. The highest BCUT2D eigenvalue weighted by molar-refractivity contribution is 6.09. The lowest BCUT2D eigenvalue weighted by molar-refractivity contribution is -0.137. The van der Waals surface area contributed by atoms with E-state index in [0.29, 0.717) is 19.5 Å². The van der Waals surface area contributed by atoms with E-state index in [1.807, 2.05) is 30.3 Å². The number of nitrogens with zero attached hydrogens (tertiary/aromatic N) is 2. The quantitative estimate of drug-likeness (QED) is 0.654. The molecule has 30 heavy (non-hydrogen) atoms. The van der Waals surface area contributed by atoms with Gasteiger partial charge in [0.05, 0.1) is 0 Å². The molecule has 2 N–H and O–H groups in total. The fraction of sp³-hybridized carbons (Fsp3) is 0.545. The van der Waals surface area contributed by atoms with Crippen LogP contribution < -0.4 is 10.6 Å². The van der Waals surface area contributed by atoms with Gasteiger partial charge < -0.3 is 15.5 Å². The van der Waals surface area contributed by atoms with Crippen LogP contribution in [0.1, 0.15) is 38.2 Å². The summed E-state index contributed by atoms with van der Waals surface area (Å²) in [6.07, 6.45) is 4.07. The maximum atomic E-state index is 13.0. The average molecular weight is 412 g/mol. The monoisotopic (exact) mass is 412 g/mol. The lowest BCUT2D eigenvalue weighted by Crippen LogP contribution is -2.52. The van der Waals surface area contributed by atoms with E-state index in [0.717, 1.165) is 36.1 Å². The van der Waals surface area contributed by atoms with Crippen LogP contribution >= 0.6 is 0 Å². The summed E-state index contributed by atoms with van der Waals surface area (Å²) in [5.74, 6) is -0.864. The second-order valence-corrected chi connectivity index (χ2v) is 8.64. The van der Waals surface area contributed by atoms with Gasteiger partial charge >= 0.3 is 6.03 Å². The standard InChI is InChI=1S/C22H28N4O4/c1-22(16-9-10-16)20(29)26(21(30)24-22)14-18(27)23-17(13-15-7-3-2-4-8-15)19(28)25-11-5-6-12-25/h2-4,7-8,16-17H,5-6,9-14H2,1H3,(H,23,27)(H,24,30). The van der Waals surface area contributed by atoms with Gasteiger partial charge in [-0.2, -0.15) is 0 Å². The molecule has 0 radical (unpaired) electrons. The lowest BCUT2D eigenvalue weighted by Gasteiger charge is -2.25. The SMILES string of the molecule is CC1(C2CC2)NC(=O)N(CC(=O)NC(Cc2ccccc2)C(=O)N2CCCC2)C1=O. The number of amides is 5. The molecule has 0 aromatic heterocycles. The van der Waals surface area contributed by atoms with Crippen molar-refractivity contribution in [3.8, 4) is 0 Å². The molecule has 1 aliphatic carbocycles. The van der Waals surface area contributed by atoms with Crippen LogP contribution in [0.4, 0.5) is 4.79 Å². The molecule has 0 spiro atoms. The van der Waals surface area contributed by atoms with Gasteiger partial charge in [-0.25, -0.2) is 4.79 Å². The van der Waals surface area contributed by atoms with Crippen molar-refractivity contribution in [1.82, 2.24) is 20.4 Å². The number of carbonyl (C=O) groups excluding carboxylic acids is 4. The number of hydrogen-bond donors (Lipinski definition) is 2. The van der Waals surface area contributed by atoms with Crippen molar-refractivity contribution in [1.29, 1.82) is 0 Å². The van der Waals surface area contributed by atoms with Crippen LogP contribution in [0.2, 0.25) is 0 Å². The fourth-order valence-corrected chi connectivity index (χ4v) is 4.39. The number of likely N-dealkylation sites (tertiary alicyclic amines) is 1. The van der Waals surface area contributed by atoms with Gasteiger partial charge in [0.15, 0.2) is 0 Å². The van der Waals surface area contributed by atoms with E-state index in [4.69, 9.17) is 0 Å². The summed E-state index contributed by atoms with van der Waals surface area (Å²) in [6, 6.07) is 8.22. The van der Waals surface area contributed by atoms with Gasteiger partial charge in [0.1, 0.15) is 18.1 Å². The van der Waals surface area contributed by atoms with Crippen molar-refractivity contribution in [2.24, 2.45) is 5.92 Å². The van der Waals surface area contributed by atoms with E-state index in [9.17, 15) is 19.2 Å². The number of carbonyl (C=O) groups is 4. The molecule has 1 saturated carbocycles. The highest BCUT2D eigenvalue weighted by Gasteiger charge is 2.56. The van der Waals surface area contributed by atoms with Crippen LogP contribution in [-0.4, -0.2) is 64.8 Å². The molecular weight excluding hydrogens is 384 g/mol. The molecule has 5 amide bonds. The molecule has 160 valence electrons. The van der Waals surface area contributed by atoms with Crippen molar-refractivity contribution < 1.29 is 19.2 Å². The number of benzene rings is 1. The van der Waals surface area contributed by atoms with Crippen molar-refractivity contribution >= 4 is 23.8 Å². The highest BCUT2D eigenvalue weighted by atomic mass is 16.2. The second kappa shape index (κ2) is 8.08. The van der Waals surface area contributed by atoms with E-state index in [-0.39, 0.29) is 24.3 Å². The van der Waals surface area contributed by atoms with Gasteiger partial charge in [0, 0.05) is 19.5 Å². The minimum Gasteiger partial charge on any atom is -0.342 e. The Morgan fingerprint density at radius 2 is 1.83 bits per heavy atom.